The van der Waals surface area contributed by atoms with Crippen molar-refractivity contribution in [2.75, 3.05) is 0 Å². The molecule has 0 aliphatic heterocycles. The minimum atomic E-state index is -0.0325. The van der Waals surface area contributed by atoms with Crippen molar-refractivity contribution in [3.63, 3.8) is 0 Å². The van der Waals surface area contributed by atoms with Gasteiger partial charge in [0.25, 0.3) is 0 Å². The van der Waals surface area contributed by atoms with Gasteiger partial charge in [-0.2, -0.15) is 0 Å². The zero-order valence-corrected chi connectivity index (χ0v) is 15.4. The van der Waals surface area contributed by atoms with E-state index in [0.717, 1.165) is 36.0 Å². The summed E-state index contributed by atoms with van der Waals surface area (Å²) in [7, 11) is 0. The summed E-state index contributed by atoms with van der Waals surface area (Å²) in [6.45, 7) is 7.41. The number of hydrogen-bond donors (Lipinski definition) is 1. The van der Waals surface area contributed by atoms with Crippen LogP contribution in [0.4, 0.5) is 0 Å². The van der Waals surface area contributed by atoms with Crippen LogP contribution in [0, 0.1) is 40.4 Å². The molecule has 1 nitrogen and oxygen atoms in total. The first-order valence-electron chi connectivity index (χ1n) is 10.4. The summed E-state index contributed by atoms with van der Waals surface area (Å²) in [6.07, 6.45) is 16.9. The Morgan fingerprint density at radius 2 is 1.83 bits per heavy atom. The molecular formula is C22H36O. The van der Waals surface area contributed by atoms with E-state index in [1.807, 2.05) is 0 Å². The van der Waals surface area contributed by atoms with Gasteiger partial charge >= 0.3 is 0 Å². The summed E-state index contributed by atoms with van der Waals surface area (Å²) in [5.41, 5.74) is 0.762. The normalized spacial score (nSPS) is 55.1. The van der Waals surface area contributed by atoms with E-state index >= 15 is 0 Å². The molecule has 0 aromatic carbocycles. The van der Waals surface area contributed by atoms with Gasteiger partial charge in [-0.1, -0.05) is 45.8 Å². The third-order valence-electron chi connectivity index (χ3n) is 8.93. The molecule has 8 atom stereocenters. The molecule has 4 aliphatic carbocycles. The fourth-order valence-corrected chi connectivity index (χ4v) is 7.72. The van der Waals surface area contributed by atoms with E-state index in [4.69, 9.17) is 0 Å². The Balaban J connectivity index is 1.69. The Morgan fingerprint density at radius 3 is 2.61 bits per heavy atom. The molecule has 130 valence electrons. The van der Waals surface area contributed by atoms with E-state index < -0.39 is 0 Å². The average Bonchev–Trinajstić information content (AvgIpc) is 2.83. The van der Waals surface area contributed by atoms with Crippen molar-refractivity contribution in [1.82, 2.24) is 0 Å². The molecule has 4 rings (SSSR count). The zero-order valence-electron chi connectivity index (χ0n) is 15.4. The third-order valence-corrected chi connectivity index (χ3v) is 8.93. The number of aliphatic hydroxyl groups is 1. The van der Waals surface area contributed by atoms with Crippen LogP contribution in [0.5, 0.6) is 0 Å². The van der Waals surface area contributed by atoms with Crippen molar-refractivity contribution in [2.45, 2.75) is 84.7 Å². The maximum atomic E-state index is 10.6. The maximum Gasteiger partial charge on any atom is 0.0596 e. The summed E-state index contributed by atoms with van der Waals surface area (Å²) < 4.78 is 0. The molecule has 3 saturated carbocycles. The van der Waals surface area contributed by atoms with Crippen LogP contribution < -0.4 is 0 Å². The Kier molecular flexibility index (Phi) is 3.95. The van der Waals surface area contributed by atoms with Crippen molar-refractivity contribution in [1.29, 1.82) is 0 Å². The highest BCUT2D eigenvalue weighted by atomic mass is 16.3. The molecule has 1 heteroatoms. The van der Waals surface area contributed by atoms with Gasteiger partial charge in [-0.15, -0.1) is 0 Å². The minimum Gasteiger partial charge on any atom is -0.393 e. The number of hydrogen-bond acceptors (Lipinski definition) is 1. The lowest BCUT2D eigenvalue weighted by Crippen LogP contribution is -2.55. The quantitative estimate of drug-likeness (QED) is 0.659. The van der Waals surface area contributed by atoms with Gasteiger partial charge in [0.15, 0.2) is 0 Å². The summed E-state index contributed by atoms with van der Waals surface area (Å²) >= 11 is 0. The summed E-state index contributed by atoms with van der Waals surface area (Å²) in [4.78, 5) is 0. The first-order chi connectivity index (χ1) is 11.0. The van der Waals surface area contributed by atoms with Gasteiger partial charge in [0.1, 0.15) is 0 Å². The standard InChI is InChI=1S/C22H36O/c1-4-7-15-14-16-18-9-10-20(23)22(18,3)13-11-19(16)21(2)12-6-5-8-17(15)21/h5,8,15-20,23H,4,6-7,9-14H2,1-3H3/t15-,16-,17?,18-,19-,20-,21-,22-/m0/s1. The number of aliphatic hydroxyl groups excluding tert-OH is 1. The molecule has 0 aromatic heterocycles. The monoisotopic (exact) mass is 316 g/mol. The highest BCUT2D eigenvalue weighted by Gasteiger charge is 2.60. The van der Waals surface area contributed by atoms with Gasteiger partial charge in [0.2, 0.25) is 0 Å². The van der Waals surface area contributed by atoms with Crippen molar-refractivity contribution >= 4 is 0 Å². The average molecular weight is 317 g/mol. The number of fused-ring (bicyclic) bond motifs is 5. The van der Waals surface area contributed by atoms with E-state index in [9.17, 15) is 5.11 Å². The van der Waals surface area contributed by atoms with E-state index in [1.165, 1.54) is 51.4 Å². The lowest BCUT2D eigenvalue weighted by Gasteiger charge is -2.61. The van der Waals surface area contributed by atoms with Gasteiger partial charge in [-0.25, -0.2) is 0 Å². The Labute approximate surface area is 142 Å². The molecule has 0 amide bonds. The summed E-state index contributed by atoms with van der Waals surface area (Å²) in [5, 5.41) is 10.6. The topological polar surface area (TPSA) is 20.2 Å². The molecule has 1 N–H and O–H groups in total. The molecule has 0 heterocycles. The van der Waals surface area contributed by atoms with E-state index in [1.54, 1.807) is 0 Å². The van der Waals surface area contributed by atoms with Gasteiger partial charge in [0.05, 0.1) is 6.10 Å². The van der Waals surface area contributed by atoms with Gasteiger partial charge in [-0.05, 0) is 85.4 Å². The van der Waals surface area contributed by atoms with Crippen LogP contribution in [0.1, 0.15) is 78.6 Å². The molecule has 0 aromatic rings. The summed E-state index contributed by atoms with van der Waals surface area (Å²) in [6, 6.07) is 0. The van der Waals surface area contributed by atoms with Crippen LogP contribution in [0.15, 0.2) is 12.2 Å². The van der Waals surface area contributed by atoms with Gasteiger partial charge < -0.3 is 5.11 Å². The fourth-order valence-electron chi connectivity index (χ4n) is 7.72. The van der Waals surface area contributed by atoms with E-state index in [-0.39, 0.29) is 11.5 Å². The second kappa shape index (κ2) is 5.61. The van der Waals surface area contributed by atoms with Crippen LogP contribution in [0.3, 0.4) is 0 Å². The van der Waals surface area contributed by atoms with Gasteiger partial charge in [0, 0.05) is 0 Å². The predicted molar refractivity (Wildman–Crippen MR) is 96.0 cm³/mol. The maximum absolute atomic E-state index is 10.6. The van der Waals surface area contributed by atoms with Crippen LogP contribution in [-0.2, 0) is 0 Å². The third kappa shape index (κ3) is 2.21. The molecule has 0 spiro atoms. The molecule has 3 fully saturated rings. The molecule has 0 radical (unpaired) electrons. The first kappa shape index (κ1) is 16.2. The van der Waals surface area contributed by atoms with Crippen LogP contribution in [0.2, 0.25) is 0 Å². The molecule has 4 aliphatic rings. The van der Waals surface area contributed by atoms with Crippen molar-refractivity contribution in [3.05, 3.63) is 12.2 Å². The van der Waals surface area contributed by atoms with Crippen LogP contribution in [0.25, 0.3) is 0 Å². The van der Waals surface area contributed by atoms with Crippen molar-refractivity contribution in [3.8, 4) is 0 Å². The van der Waals surface area contributed by atoms with Crippen LogP contribution >= 0.6 is 0 Å². The zero-order chi connectivity index (χ0) is 16.2. The number of allylic oxidation sites excluding steroid dienone is 2. The first-order valence-corrected chi connectivity index (χ1v) is 10.4. The second-order valence-electron chi connectivity index (χ2n) is 9.80. The highest BCUT2D eigenvalue weighted by Crippen LogP contribution is 2.66. The van der Waals surface area contributed by atoms with Crippen molar-refractivity contribution in [2.24, 2.45) is 40.4 Å². The number of rotatable bonds is 2. The fraction of sp³-hybridized carbons (Fsp3) is 0.909. The molecule has 0 bridgehead atoms. The van der Waals surface area contributed by atoms with Crippen LogP contribution in [-0.4, -0.2) is 11.2 Å². The largest absolute Gasteiger partial charge is 0.393 e. The molecule has 0 saturated heterocycles. The smallest absolute Gasteiger partial charge is 0.0596 e. The van der Waals surface area contributed by atoms with E-state index in [0.29, 0.717) is 5.41 Å². The van der Waals surface area contributed by atoms with Gasteiger partial charge in [-0.3, -0.25) is 0 Å². The highest BCUT2D eigenvalue weighted by molar-refractivity contribution is 5.15. The SMILES string of the molecule is CCC[C@H]1C[C@H]2[C@@H]3CC[C@H](O)[C@@]3(C)CC[C@@H]2[C@@]2(C)CCC=CC12. The van der Waals surface area contributed by atoms with Crippen molar-refractivity contribution < 1.29 is 5.11 Å². The lowest BCUT2D eigenvalue weighted by molar-refractivity contribution is -0.123. The summed E-state index contributed by atoms with van der Waals surface area (Å²) in [5.74, 6) is 4.31. The Bertz CT molecular complexity index is 482. The van der Waals surface area contributed by atoms with E-state index in [2.05, 4.69) is 32.9 Å². The lowest BCUT2D eigenvalue weighted by atomic mass is 9.44. The predicted octanol–water partition coefficient (Wildman–Crippen LogP) is 5.58. The minimum absolute atomic E-state index is 0.0325. The second-order valence-corrected chi connectivity index (χ2v) is 9.80. The molecule has 1 unspecified atom stereocenters. The Morgan fingerprint density at radius 1 is 1.04 bits per heavy atom. The molecule has 23 heavy (non-hydrogen) atoms. The Hall–Kier alpha value is -0.300. The molecular weight excluding hydrogens is 280 g/mol.